The van der Waals surface area contributed by atoms with E-state index in [1.54, 1.807) is 0 Å². The van der Waals surface area contributed by atoms with Gasteiger partial charge in [-0.25, -0.2) is 0 Å². The van der Waals surface area contributed by atoms with Crippen LogP contribution in [0.15, 0.2) is 24.3 Å². The fraction of sp³-hybridized carbons (Fsp3) is 0.885. The number of hydrogen-bond acceptors (Lipinski definition) is 5. The highest BCUT2D eigenvalue weighted by atomic mass is 16.5. The first kappa shape index (κ1) is 56.3. The molecular formula is C52H99NO5. The Balaban J connectivity index is 4.50. The molecule has 3 atom stereocenters. The van der Waals surface area contributed by atoms with E-state index in [-0.39, 0.29) is 24.9 Å². The van der Waals surface area contributed by atoms with Crippen molar-refractivity contribution in [2.75, 3.05) is 6.61 Å². The van der Waals surface area contributed by atoms with Crippen LogP contribution in [0.1, 0.15) is 271 Å². The molecule has 0 aromatic carbocycles. The number of hydrogen-bond donors (Lipinski definition) is 3. The van der Waals surface area contributed by atoms with Gasteiger partial charge in [0.25, 0.3) is 0 Å². The predicted molar refractivity (Wildman–Crippen MR) is 250 cm³/mol. The number of aliphatic hydroxyl groups is 2. The van der Waals surface area contributed by atoms with Crippen molar-refractivity contribution in [1.29, 1.82) is 0 Å². The highest BCUT2D eigenvalue weighted by molar-refractivity contribution is 5.77. The minimum absolute atomic E-state index is 0.0670. The van der Waals surface area contributed by atoms with Crippen molar-refractivity contribution < 1.29 is 24.5 Å². The number of allylic oxidation sites excluding steroid dienone is 4. The zero-order chi connectivity index (χ0) is 42.4. The second-order valence-electron chi connectivity index (χ2n) is 17.6. The lowest BCUT2D eigenvalue weighted by Gasteiger charge is -2.24. The summed E-state index contributed by atoms with van der Waals surface area (Å²) >= 11 is 0. The van der Waals surface area contributed by atoms with Gasteiger partial charge in [0.2, 0.25) is 5.91 Å². The van der Waals surface area contributed by atoms with E-state index in [1.807, 2.05) is 0 Å². The molecule has 0 saturated heterocycles. The number of ether oxygens (including phenoxy) is 1. The van der Waals surface area contributed by atoms with Gasteiger partial charge in [-0.3, -0.25) is 9.59 Å². The Morgan fingerprint density at radius 2 is 0.828 bits per heavy atom. The summed E-state index contributed by atoms with van der Waals surface area (Å²) in [6.07, 6.45) is 52.4. The average Bonchev–Trinajstić information content (AvgIpc) is 3.22. The molecular weight excluding hydrogens is 719 g/mol. The fourth-order valence-corrected chi connectivity index (χ4v) is 7.83. The number of carbonyl (C=O) groups excluding carboxylic acids is 2. The van der Waals surface area contributed by atoms with Crippen molar-refractivity contribution >= 4 is 11.9 Å². The smallest absolute Gasteiger partial charge is 0.306 e. The SMILES string of the molecule is CCCCC/C=C\CCCCCC(CC(=O)NC(CO)C(O)CCCCCCCCCCCCCCC)OC(=O)CCCCCCC/C=C/CCCCCCCCC. The van der Waals surface area contributed by atoms with E-state index in [2.05, 4.69) is 50.4 Å². The molecule has 0 bridgehead atoms. The Morgan fingerprint density at radius 1 is 0.483 bits per heavy atom. The van der Waals surface area contributed by atoms with Gasteiger partial charge >= 0.3 is 5.97 Å². The molecule has 6 heteroatoms. The van der Waals surface area contributed by atoms with Crippen molar-refractivity contribution in [2.24, 2.45) is 0 Å². The molecule has 3 N–H and O–H groups in total. The molecule has 0 aliphatic heterocycles. The number of nitrogens with one attached hydrogen (secondary N) is 1. The molecule has 3 unspecified atom stereocenters. The lowest BCUT2D eigenvalue weighted by molar-refractivity contribution is -0.151. The standard InChI is InChI=1S/C52H99NO5/c1-4-7-10-13-16-19-22-24-25-26-28-30-33-36-39-42-45-52(57)58-48(43-40-37-34-31-21-18-15-12-9-6-3)46-51(56)53-49(47-54)50(55)44-41-38-35-32-29-27-23-20-17-14-11-8-5-2/h18,21,25-26,48-50,54-55H,4-17,19-20,22-24,27-47H2,1-3H3,(H,53,56)/b21-18-,26-25+. The predicted octanol–water partition coefficient (Wildman–Crippen LogP) is 15.1. The summed E-state index contributed by atoms with van der Waals surface area (Å²) in [5, 5.41) is 23.7. The number of aliphatic hydroxyl groups excluding tert-OH is 2. The molecule has 0 aromatic rings. The average molecular weight is 818 g/mol. The summed E-state index contributed by atoms with van der Waals surface area (Å²) in [5.74, 6) is -0.491. The van der Waals surface area contributed by atoms with Gasteiger partial charge in [-0.05, 0) is 77.0 Å². The molecule has 0 aromatic heterocycles. The van der Waals surface area contributed by atoms with Crippen LogP contribution in [0.3, 0.4) is 0 Å². The molecule has 0 aliphatic rings. The highest BCUT2D eigenvalue weighted by Gasteiger charge is 2.24. The van der Waals surface area contributed by atoms with Gasteiger partial charge in [-0.2, -0.15) is 0 Å². The monoisotopic (exact) mass is 818 g/mol. The first-order valence-electron chi connectivity index (χ1n) is 25.6. The maximum atomic E-state index is 13.2. The van der Waals surface area contributed by atoms with Crippen LogP contribution in [-0.4, -0.2) is 46.9 Å². The Kier molecular flexibility index (Phi) is 45.1. The normalized spacial score (nSPS) is 13.4. The molecule has 0 spiro atoms. The zero-order valence-corrected chi connectivity index (χ0v) is 38.9. The highest BCUT2D eigenvalue weighted by Crippen LogP contribution is 2.17. The third-order valence-corrected chi connectivity index (χ3v) is 11.8. The summed E-state index contributed by atoms with van der Waals surface area (Å²) in [6, 6.07) is -0.703. The van der Waals surface area contributed by atoms with E-state index in [0.717, 1.165) is 70.6 Å². The minimum atomic E-state index is -0.788. The van der Waals surface area contributed by atoms with E-state index >= 15 is 0 Å². The van der Waals surface area contributed by atoms with Crippen LogP contribution in [0.25, 0.3) is 0 Å². The summed E-state index contributed by atoms with van der Waals surface area (Å²) in [7, 11) is 0. The second-order valence-corrected chi connectivity index (χ2v) is 17.6. The lowest BCUT2D eigenvalue weighted by Crippen LogP contribution is -2.46. The maximum absolute atomic E-state index is 13.2. The third-order valence-electron chi connectivity index (χ3n) is 11.8. The number of rotatable bonds is 46. The molecule has 0 saturated carbocycles. The molecule has 342 valence electrons. The lowest BCUT2D eigenvalue weighted by atomic mass is 10.0. The third kappa shape index (κ3) is 41.1. The maximum Gasteiger partial charge on any atom is 0.306 e. The first-order valence-corrected chi connectivity index (χ1v) is 25.6. The van der Waals surface area contributed by atoms with Crippen LogP contribution < -0.4 is 5.32 Å². The van der Waals surface area contributed by atoms with Crippen molar-refractivity contribution in [2.45, 2.75) is 289 Å². The molecule has 0 fully saturated rings. The quantitative estimate of drug-likeness (QED) is 0.0323. The molecule has 0 rings (SSSR count). The molecule has 0 heterocycles. The van der Waals surface area contributed by atoms with Crippen LogP contribution in [0, 0.1) is 0 Å². The zero-order valence-electron chi connectivity index (χ0n) is 38.9. The molecule has 1 amide bonds. The van der Waals surface area contributed by atoms with Crippen LogP contribution in [0.4, 0.5) is 0 Å². The molecule has 0 aliphatic carbocycles. The Bertz CT molecular complexity index is 919. The number of amides is 1. The first-order chi connectivity index (χ1) is 28.5. The van der Waals surface area contributed by atoms with E-state index < -0.39 is 18.2 Å². The minimum Gasteiger partial charge on any atom is -0.462 e. The van der Waals surface area contributed by atoms with Gasteiger partial charge in [0.15, 0.2) is 0 Å². The van der Waals surface area contributed by atoms with Crippen molar-refractivity contribution in [3.63, 3.8) is 0 Å². The van der Waals surface area contributed by atoms with Gasteiger partial charge < -0.3 is 20.3 Å². The fourth-order valence-electron chi connectivity index (χ4n) is 7.83. The summed E-state index contributed by atoms with van der Waals surface area (Å²) < 4.78 is 5.91. The second kappa shape index (κ2) is 46.4. The largest absolute Gasteiger partial charge is 0.462 e. The summed E-state index contributed by atoms with van der Waals surface area (Å²) in [5.41, 5.74) is 0. The number of esters is 1. The van der Waals surface area contributed by atoms with E-state index in [4.69, 9.17) is 4.74 Å². The number of carbonyl (C=O) groups is 2. The van der Waals surface area contributed by atoms with Crippen LogP contribution in [-0.2, 0) is 14.3 Å². The van der Waals surface area contributed by atoms with Crippen molar-refractivity contribution in [1.82, 2.24) is 5.32 Å². The van der Waals surface area contributed by atoms with Gasteiger partial charge in [0, 0.05) is 6.42 Å². The van der Waals surface area contributed by atoms with Gasteiger partial charge in [0.1, 0.15) is 6.10 Å². The van der Waals surface area contributed by atoms with Crippen LogP contribution >= 0.6 is 0 Å². The van der Waals surface area contributed by atoms with Crippen molar-refractivity contribution in [3.05, 3.63) is 24.3 Å². The summed E-state index contributed by atoms with van der Waals surface area (Å²) in [6.45, 7) is 6.46. The number of unbranched alkanes of at least 4 members (excludes halogenated alkanes) is 30. The molecule has 58 heavy (non-hydrogen) atoms. The molecule has 6 nitrogen and oxygen atoms in total. The Morgan fingerprint density at radius 3 is 1.28 bits per heavy atom. The molecule has 0 radical (unpaired) electrons. The summed E-state index contributed by atoms with van der Waals surface area (Å²) in [4.78, 5) is 26.1. The van der Waals surface area contributed by atoms with Crippen LogP contribution in [0.2, 0.25) is 0 Å². The van der Waals surface area contributed by atoms with Gasteiger partial charge in [-0.15, -0.1) is 0 Å². The van der Waals surface area contributed by atoms with Gasteiger partial charge in [-0.1, -0.05) is 206 Å². The van der Waals surface area contributed by atoms with Crippen LogP contribution in [0.5, 0.6) is 0 Å². The topological polar surface area (TPSA) is 95.9 Å². The van der Waals surface area contributed by atoms with E-state index in [1.165, 1.54) is 154 Å². The van der Waals surface area contributed by atoms with Crippen molar-refractivity contribution in [3.8, 4) is 0 Å². The van der Waals surface area contributed by atoms with Gasteiger partial charge in [0.05, 0.1) is 25.2 Å². The van der Waals surface area contributed by atoms with E-state index in [0.29, 0.717) is 19.3 Å². The Labute approximate surface area is 361 Å². The Hall–Kier alpha value is -1.66. The van der Waals surface area contributed by atoms with E-state index in [9.17, 15) is 19.8 Å².